The molecule has 2 fully saturated rings. The lowest BCUT2D eigenvalue weighted by Crippen LogP contribution is -2.37. The number of hydrogen-bond donors (Lipinski definition) is 0. The minimum absolute atomic E-state index is 0.187. The average molecular weight is 437 g/mol. The molecular weight excluding hydrogens is 400 g/mol. The maximum Gasteiger partial charge on any atom is 0.305 e. The number of carbonyl (C=O) groups is 1. The van der Waals surface area contributed by atoms with Gasteiger partial charge in [0.1, 0.15) is 12.4 Å². The molecule has 0 unspecified atom stereocenters. The van der Waals surface area contributed by atoms with E-state index in [4.69, 9.17) is 9.47 Å². The second kappa shape index (κ2) is 9.27. The van der Waals surface area contributed by atoms with Crippen molar-refractivity contribution in [3.8, 4) is 5.75 Å². The Morgan fingerprint density at radius 1 is 0.938 bits per heavy atom. The first-order valence-electron chi connectivity index (χ1n) is 11.8. The van der Waals surface area contributed by atoms with Crippen molar-refractivity contribution >= 4 is 5.97 Å². The zero-order valence-electron chi connectivity index (χ0n) is 19.9. The van der Waals surface area contributed by atoms with E-state index >= 15 is 0 Å². The van der Waals surface area contributed by atoms with E-state index in [9.17, 15) is 4.79 Å². The lowest BCUT2D eigenvalue weighted by atomic mass is 9.70. The maximum atomic E-state index is 11.3. The fourth-order valence-corrected chi connectivity index (χ4v) is 5.58. The van der Waals surface area contributed by atoms with Crippen LogP contribution >= 0.6 is 0 Å². The number of carbonyl (C=O) groups excluding carboxylic acids is 1. The number of esters is 1. The van der Waals surface area contributed by atoms with Gasteiger partial charge in [0.15, 0.2) is 0 Å². The Kier molecular flexibility index (Phi) is 6.62. The molecule has 0 heterocycles. The van der Waals surface area contributed by atoms with Crippen molar-refractivity contribution in [3.63, 3.8) is 0 Å². The minimum atomic E-state index is -0.187. The third-order valence-corrected chi connectivity index (χ3v) is 8.36. The van der Waals surface area contributed by atoms with Gasteiger partial charge in [-0.3, -0.25) is 4.79 Å². The summed E-state index contributed by atoms with van der Waals surface area (Å²) in [5.74, 6) is 1.44. The lowest BCUT2D eigenvalue weighted by Gasteiger charge is -2.38. The minimum Gasteiger partial charge on any atom is -0.489 e. The monoisotopic (exact) mass is 436 g/mol. The molecular formula is C28H36O4. The van der Waals surface area contributed by atoms with Crippen LogP contribution in [-0.2, 0) is 33.9 Å². The van der Waals surface area contributed by atoms with E-state index in [1.165, 1.54) is 31.9 Å². The number of hydrogen-bond acceptors (Lipinski definition) is 4. The summed E-state index contributed by atoms with van der Waals surface area (Å²) < 4.78 is 17.0. The van der Waals surface area contributed by atoms with Crippen LogP contribution in [0.25, 0.3) is 0 Å². The Morgan fingerprint density at radius 2 is 1.56 bits per heavy atom. The summed E-state index contributed by atoms with van der Waals surface area (Å²) in [6.07, 6.45) is 5.29. The van der Waals surface area contributed by atoms with Crippen LogP contribution in [0.5, 0.6) is 5.75 Å². The fraction of sp³-hybridized carbons (Fsp3) is 0.536. The van der Waals surface area contributed by atoms with Crippen LogP contribution in [0.2, 0.25) is 0 Å². The Bertz CT molecular complexity index is 915. The molecule has 2 aliphatic carbocycles. The summed E-state index contributed by atoms with van der Waals surface area (Å²) in [7, 11) is 1.42. The normalized spacial score (nSPS) is 25.6. The summed E-state index contributed by atoms with van der Waals surface area (Å²) in [5.41, 5.74) is 4.14. The smallest absolute Gasteiger partial charge is 0.305 e. The maximum absolute atomic E-state index is 11.3. The SMILES string of the molecule is COC(=O)CCc1ccc(OCc2ccc(CO[C@H]3C[C@@H]4CC[C@@]3(C)C4(C)C)cc2)cc1. The van der Waals surface area contributed by atoms with Crippen molar-refractivity contribution in [1.82, 2.24) is 0 Å². The van der Waals surface area contributed by atoms with Gasteiger partial charge in [0, 0.05) is 6.42 Å². The van der Waals surface area contributed by atoms with E-state index in [0.717, 1.165) is 22.8 Å². The van der Waals surface area contributed by atoms with Crippen molar-refractivity contribution in [2.75, 3.05) is 7.11 Å². The van der Waals surface area contributed by atoms with Crippen LogP contribution in [0.15, 0.2) is 48.5 Å². The van der Waals surface area contributed by atoms with Gasteiger partial charge in [-0.2, -0.15) is 0 Å². The van der Waals surface area contributed by atoms with Crippen LogP contribution in [0.3, 0.4) is 0 Å². The van der Waals surface area contributed by atoms with Crippen LogP contribution in [-0.4, -0.2) is 19.2 Å². The van der Waals surface area contributed by atoms with Gasteiger partial charge in [-0.15, -0.1) is 0 Å². The van der Waals surface area contributed by atoms with Crippen LogP contribution in [0.1, 0.15) is 63.1 Å². The molecule has 0 aliphatic heterocycles. The number of aryl methyl sites for hydroxylation is 1. The van der Waals surface area contributed by atoms with E-state index in [1.54, 1.807) is 0 Å². The molecule has 2 saturated carbocycles. The zero-order valence-corrected chi connectivity index (χ0v) is 19.9. The highest BCUT2D eigenvalue weighted by Crippen LogP contribution is 2.66. The van der Waals surface area contributed by atoms with Gasteiger partial charge >= 0.3 is 5.97 Å². The standard InChI is InChI=1S/C28H36O4/c1-27(2)23-15-16-28(27,3)25(17-23)32-19-22-7-5-21(6-8-22)18-31-24-12-9-20(10-13-24)11-14-26(29)30-4/h5-10,12-13,23,25H,11,14-19H2,1-4H3/t23-,25-,28+/m0/s1. The summed E-state index contributed by atoms with van der Waals surface area (Å²) in [4.78, 5) is 11.3. The highest BCUT2D eigenvalue weighted by Gasteiger charge is 2.61. The topological polar surface area (TPSA) is 44.8 Å². The molecule has 0 aromatic heterocycles. The van der Waals surface area contributed by atoms with Crippen molar-refractivity contribution in [2.45, 2.75) is 72.2 Å². The number of fused-ring (bicyclic) bond motifs is 2. The van der Waals surface area contributed by atoms with Crippen molar-refractivity contribution < 1.29 is 19.0 Å². The predicted octanol–water partition coefficient (Wildman–Crippen LogP) is 6.10. The molecule has 3 atom stereocenters. The molecule has 2 aliphatic rings. The summed E-state index contributed by atoms with van der Waals surface area (Å²) >= 11 is 0. The average Bonchev–Trinajstić information content (AvgIpc) is 3.14. The number of ether oxygens (including phenoxy) is 3. The van der Waals surface area contributed by atoms with E-state index in [1.807, 2.05) is 24.3 Å². The number of benzene rings is 2. The highest BCUT2D eigenvalue weighted by molar-refractivity contribution is 5.69. The second-order valence-corrected chi connectivity index (χ2v) is 10.2. The Labute approximate surface area is 192 Å². The van der Waals surface area contributed by atoms with E-state index < -0.39 is 0 Å². The van der Waals surface area contributed by atoms with Crippen LogP contribution < -0.4 is 4.74 Å². The Morgan fingerprint density at radius 3 is 2.12 bits per heavy atom. The molecule has 0 saturated heterocycles. The summed E-state index contributed by atoms with van der Waals surface area (Å²) in [6.45, 7) is 8.49. The van der Waals surface area contributed by atoms with Gasteiger partial charge in [0.25, 0.3) is 0 Å². The molecule has 4 rings (SSSR count). The molecule has 0 N–H and O–H groups in total. The third-order valence-electron chi connectivity index (χ3n) is 8.36. The van der Waals surface area contributed by atoms with E-state index in [2.05, 4.69) is 49.8 Å². The van der Waals surface area contributed by atoms with Gasteiger partial charge in [0.05, 0.1) is 19.8 Å². The molecule has 2 aromatic rings. The molecule has 0 amide bonds. The van der Waals surface area contributed by atoms with Crippen LogP contribution in [0, 0.1) is 16.7 Å². The van der Waals surface area contributed by atoms with Gasteiger partial charge < -0.3 is 14.2 Å². The molecule has 2 aromatic carbocycles. The predicted molar refractivity (Wildman–Crippen MR) is 125 cm³/mol. The zero-order chi connectivity index (χ0) is 22.8. The second-order valence-electron chi connectivity index (χ2n) is 10.2. The molecule has 0 spiro atoms. The molecule has 4 heteroatoms. The van der Waals surface area contributed by atoms with Crippen LogP contribution in [0.4, 0.5) is 0 Å². The van der Waals surface area contributed by atoms with Crippen molar-refractivity contribution in [2.24, 2.45) is 16.7 Å². The van der Waals surface area contributed by atoms with Gasteiger partial charge in [-0.05, 0) is 71.3 Å². The first-order chi connectivity index (χ1) is 15.3. The number of rotatable bonds is 9. The molecule has 0 radical (unpaired) electrons. The Hall–Kier alpha value is -2.33. The van der Waals surface area contributed by atoms with Gasteiger partial charge in [0.2, 0.25) is 0 Å². The lowest BCUT2D eigenvalue weighted by molar-refractivity contribution is -0.140. The largest absolute Gasteiger partial charge is 0.489 e. The first kappa shape index (κ1) is 22.8. The Balaban J connectivity index is 1.24. The van der Waals surface area contributed by atoms with E-state index in [-0.39, 0.29) is 5.97 Å². The summed E-state index contributed by atoms with van der Waals surface area (Å²) in [6, 6.07) is 16.4. The quantitative estimate of drug-likeness (QED) is 0.445. The van der Waals surface area contributed by atoms with Crippen molar-refractivity contribution in [1.29, 1.82) is 0 Å². The van der Waals surface area contributed by atoms with Gasteiger partial charge in [-0.25, -0.2) is 0 Å². The summed E-state index contributed by atoms with van der Waals surface area (Å²) in [5, 5.41) is 0. The molecule has 32 heavy (non-hydrogen) atoms. The fourth-order valence-electron chi connectivity index (χ4n) is 5.58. The van der Waals surface area contributed by atoms with E-state index in [0.29, 0.717) is 43.0 Å². The molecule has 172 valence electrons. The van der Waals surface area contributed by atoms with Gasteiger partial charge in [-0.1, -0.05) is 57.2 Å². The molecule has 4 nitrogen and oxygen atoms in total. The highest BCUT2D eigenvalue weighted by atomic mass is 16.5. The third kappa shape index (κ3) is 4.56. The first-order valence-corrected chi connectivity index (χ1v) is 11.8. The van der Waals surface area contributed by atoms with Crippen molar-refractivity contribution in [3.05, 3.63) is 65.2 Å². The number of methoxy groups -OCH3 is 1. The molecule has 2 bridgehead atoms.